The molecule has 1 aromatic heterocycles. The Labute approximate surface area is 127 Å². The van der Waals surface area contributed by atoms with Crippen molar-refractivity contribution in [3.8, 4) is 0 Å². The molecule has 2 unspecified atom stereocenters. The van der Waals surface area contributed by atoms with Gasteiger partial charge in [-0.15, -0.1) is 0 Å². The molecule has 3 aliphatic rings. The van der Waals surface area contributed by atoms with Gasteiger partial charge in [-0.25, -0.2) is 9.97 Å². The highest BCUT2D eigenvalue weighted by molar-refractivity contribution is 5.51. The molecule has 2 bridgehead atoms. The van der Waals surface area contributed by atoms with Crippen LogP contribution in [0, 0.1) is 0 Å². The van der Waals surface area contributed by atoms with Crippen molar-refractivity contribution in [3.05, 3.63) is 17.6 Å². The van der Waals surface area contributed by atoms with E-state index < -0.39 is 0 Å². The number of aromatic nitrogens is 2. The zero-order chi connectivity index (χ0) is 14.2. The standard InChI is InChI=1S/C17H26N4/c1-2-8-21(14-9-12-6-7-13(10-14)20-12)17-15-4-3-5-16(15)18-11-19-17/h11-14,20H,2-10H2,1H3. The van der Waals surface area contributed by atoms with Gasteiger partial charge in [-0.1, -0.05) is 6.92 Å². The van der Waals surface area contributed by atoms with Gasteiger partial charge in [0.15, 0.2) is 0 Å². The number of fused-ring (bicyclic) bond motifs is 3. The molecule has 3 heterocycles. The summed E-state index contributed by atoms with van der Waals surface area (Å²) >= 11 is 0. The monoisotopic (exact) mass is 286 g/mol. The molecule has 21 heavy (non-hydrogen) atoms. The van der Waals surface area contributed by atoms with Crippen LogP contribution in [0.4, 0.5) is 5.82 Å². The van der Waals surface area contributed by atoms with Gasteiger partial charge in [0.1, 0.15) is 12.1 Å². The van der Waals surface area contributed by atoms with Gasteiger partial charge in [0, 0.05) is 35.9 Å². The van der Waals surface area contributed by atoms with Gasteiger partial charge in [-0.2, -0.15) is 0 Å². The Balaban J connectivity index is 1.64. The highest BCUT2D eigenvalue weighted by atomic mass is 15.2. The van der Waals surface area contributed by atoms with Gasteiger partial charge in [0.05, 0.1) is 0 Å². The molecule has 2 fully saturated rings. The summed E-state index contributed by atoms with van der Waals surface area (Å²) in [4.78, 5) is 11.8. The number of nitrogens with zero attached hydrogens (tertiary/aromatic N) is 3. The lowest BCUT2D eigenvalue weighted by atomic mass is 9.97. The minimum atomic E-state index is 0.670. The number of nitrogens with one attached hydrogen (secondary N) is 1. The third kappa shape index (κ3) is 2.44. The number of piperidine rings is 1. The first-order valence-electron chi connectivity index (χ1n) is 8.70. The fraction of sp³-hybridized carbons (Fsp3) is 0.765. The van der Waals surface area contributed by atoms with Crippen LogP contribution in [0.2, 0.25) is 0 Å². The van der Waals surface area contributed by atoms with Crippen LogP contribution in [-0.2, 0) is 12.8 Å². The van der Waals surface area contributed by atoms with E-state index in [-0.39, 0.29) is 0 Å². The van der Waals surface area contributed by atoms with E-state index in [0.29, 0.717) is 6.04 Å². The van der Waals surface area contributed by atoms with Crippen molar-refractivity contribution in [1.82, 2.24) is 15.3 Å². The first-order valence-corrected chi connectivity index (χ1v) is 8.70. The Kier molecular flexibility index (Phi) is 3.57. The molecule has 1 N–H and O–H groups in total. The maximum Gasteiger partial charge on any atom is 0.135 e. The second-order valence-corrected chi connectivity index (χ2v) is 6.93. The highest BCUT2D eigenvalue weighted by Crippen LogP contribution is 2.35. The first-order chi connectivity index (χ1) is 10.3. The lowest BCUT2D eigenvalue weighted by molar-refractivity contribution is 0.345. The minimum absolute atomic E-state index is 0.670. The summed E-state index contributed by atoms with van der Waals surface area (Å²) in [5, 5.41) is 3.76. The van der Waals surface area contributed by atoms with Crippen LogP contribution in [-0.4, -0.2) is 34.6 Å². The fourth-order valence-electron chi connectivity index (χ4n) is 4.57. The van der Waals surface area contributed by atoms with E-state index in [0.717, 1.165) is 25.0 Å². The number of rotatable bonds is 4. The average Bonchev–Trinajstić information content (AvgIpc) is 3.11. The summed E-state index contributed by atoms with van der Waals surface area (Å²) in [5.74, 6) is 1.26. The van der Waals surface area contributed by atoms with Crippen molar-refractivity contribution in [2.24, 2.45) is 0 Å². The van der Waals surface area contributed by atoms with E-state index in [9.17, 15) is 0 Å². The lowest BCUT2D eigenvalue weighted by Gasteiger charge is -2.39. The molecule has 1 aliphatic carbocycles. The van der Waals surface area contributed by atoms with Gasteiger partial charge in [-0.05, 0) is 51.4 Å². The molecule has 0 spiro atoms. The number of aryl methyl sites for hydroxylation is 1. The van der Waals surface area contributed by atoms with Crippen molar-refractivity contribution >= 4 is 5.82 Å². The van der Waals surface area contributed by atoms with Crippen molar-refractivity contribution in [1.29, 1.82) is 0 Å². The van der Waals surface area contributed by atoms with Crippen LogP contribution in [0.3, 0.4) is 0 Å². The van der Waals surface area contributed by atoms with Crippen LogP contribution in [0.5, 0.6) is 0 Å². The highest BCUT2D eigenvalue weighted by Gasteiger charge is 2.37. The Hall–Kier alpha value is -1.16. The van der Waals surface area contributed by atoms with Crippen LogP contribution in [0.1, 0.15) is 56.7 Å². The largest absolute Gasteiger partial charge is 0.353 e. The predicted molar refractivity (Wildman–Crippen MR) is 84.7 cm³/mol. The fourth-order valence-corrected chi connectivity index (χ4v) is 4.57. The Bertz CT molecular complexity index is 504. The summed E-state index contributed by atoms with van der Waals surface area (Å²) in [6.45, 7) is 3.41. The van der Waals surface area contributed by atoms with Crippen LogP contribution in [0.25, 0.3) is 0 Å². The van der Waals surface area contributed by atoms with E-state index >= 15 is 0 Å². The van der Waals surface area contributed by atoms with Crippen molar-refractivity contribution in [2.75, 3.05) is 11.4 Å². The van der Waals surface area contributed by atoms with Gasteiger partial charge in [0.25, 0.3) is 0 Å². The van der Waals surface area contributed by atoms with Gasteiger partial charge < -0.3 is 10.2 Å². The van der Waals surface area contributed by atoms with Gasteiger partial charge in [-0.3, -0.25) is 0 Å². The molecule has 2 saturated heterocycles. The molecule has 0 saturated carbocycles. The second-order valence-electron chi connectivity index (χ2n) is 6.93. The number of hydrogen-bond donors (Lipinski definition) is 1. The summed E-state index contributed by atoms with van der Waals surface area (Å²) in [7, 11) is 0. The summed E-state index contributed by atoms with van der Waals surface area (Å²) in [6, 6.07) is 2.15. The van der Waals surface area contributed by atoms with E-state index in [1.807, 2.05) is 0 Å². The van der Waals surface area contributed by atoms with Crippen LogP contribution in [0.15, 0.2) is 6.33 Å². The minimum Gasteiger partial charge on any atom is -0.353 e. The topological polar surface area (TPSA) is 41.1 Å². The van der Waals surface area contributed by atoms with Crippen molar-refractivity contribution < 1.29 is 0 Å². The first kappa shape index (κ1) is 13.5. The Morgan fingerprint density at radius 2 is 2.00 bits per heavy atom. The molecule has 0 amide bonds. The quantitative estimate of drug-likeness (QED) is 0.923. The second kappa shape index (κ2) is 5.56. The summed E-state index contributed by atoms with van der Waals surface area (Å²) < 4.78 is 0. The Morgan fingerprint density at radius 3 is 2.76 bits per heavy atom. The van der Waals surface area contributed by atoms with E-state index in [1.165, 1.54) is 62.0 Å². The summed E-state index contributed by atoms with van der Waals surface area (Å²) in [6.07, 6.45) is 11.8. The van der Waals surface area contributed by atoms with E-state index in [2.05, 4.69) is 22.1 Å². The normalized spacial score (nSPS) is 30.4. The number of anilines is 1. The van der Waals surface area contributed by atoms with Crippen molar-refractivity contribution in [3.63, 3.8) is 0 Å². The lowest BCUT2D eigenvalue weighted by Crippen LogP contribution is -2.49. The molecule has 2 aliphatic heterocycles. The maximum atomic E-state index is 4.71. The van der Waals surface area contributed by atoms with Gasteiger partial charge in [0.2, 0.25) is 0 Å². The molecule has 0 aromatic carbocycles. The molecule has 4 heteroatoms. The van der Waals surface area contributed by atoms with Crippen LogP contribution >= 0.6 is 0 Å². The van der Waals surface area contributed by atoms with Gasteiger partial charge >= 0.3 is 0 Å². The maximum absolute atomic E-state index is 4.71. The summed E-state index contributed by atoms with van der Waals surface area (Å²) in [5.41, 5.74) is 2.75. The Morgan fingerprint density at radius 1 is 1.19 bits per heavy atom. The van der Waals surface area contributed by atoms with E-state index in [1.54, 1.807) is 6.33 Å². The SMILES string of the molecule is CCCN(c1ncnc2c1CCC2)C1CC2CCC(C1)N2. The van der Waals surface area contributed by atoms with E-state index in [4.69, 9.17) is 4.98 Å². The molecule has 4 nitrogen and oxygen atoms in total. The molecule has 114 valence electrons. The third-order valence-corrected chi connectivity index (χ3v) is 5.48. The molecule has 1 aromatic rings. The third-order valence-electron chi connectivity index (χ3n) is 5.48. The zero-order valence-electron chi connectivity index (χ0n) is 13.0. The van der Waals surface area contributed by atoms with Crippen molar-refractivity contribution in [2.45, 2.75) is 76.4 Å². The molecule has 4 rings (SSSR count). The molecular formula is C17H26N4. The molecule has 0 radical (unpaired) electrons. The zero-order valence-corrected chi connectivity index (χ0v) is 13.0. The average molecular weight is 286 g/mol. The number of hydrogen-bond acceptors (Lipinski definition) is 4. The molecule has 2 atom stereocenters. The smallest absolute Gasteiger partial charge is 0.135 e. The van der Waals surface area contributed by atoms with Crippen LogP contribution < -0.4 is 10.2 Å². The predicted octanol–water partition coefficient (Wildman–Crippen LogP) is 2.46. The molecular weight excluding hydrogens is 260 g/mol.